The van der Waals surface area contributed by atoms with Crippen LogP contribution >= 0.6 is 0 Å². The Kier molecular flexibility index (Phi) is 6.43. The van der Waals surface area contributed by atoms with Crippen molar-refractivity contribution in [2.24, 2.45) is 5.92 Å². The van der Waals surface area contributed by atoms with Gasteiger partial charge in [0.05, 0.1) is 11.8 Å². The molecule has 1 aliphatic carbocycles. The quantitative estimate of drug-likeness (QED) is 0.472. The maximum Gasteiger partial charge on any atom is 0.387 e. The number of hydrogen-bond acceptors (Lipinski definition) is 7. The van der Waals surface area contributed by atoms with Crippen LogP contribution < -0.4 is 9.64 Å². The molecule has 0 spiro atoms. The van der Waals surface area contributed by atoms with Gasteiger partial charge in [-0.25, -0.2) is 9.78 Å². The van der Waals surface area contributed by atoms with E-state index in [1.807, 2.05) is 6.07 Å². The first-order valence-electron chi connectivity index (χ1n) is 12.9. The zero-order chi connectivity index (χ0) is 26.4. The highest BCUT2D eigenvalue weighted by molar-refractivity contribution is 5.85. The van der Waals surface area contributed by atoms with Gasteiger partial charge in [0.15, 0.2) is 5.69 Å². The van der Waals surface area contributed by atoms with Gasteiger partial charge in [0.1, 0.15) is 30.0 Å². The Morgan fingerprint density at radius 2 is 1.97 bits per heavy atom. The number of ether oxygens (including phenoxy) is 2. The van der Waals surface area contributed by atoms with Crippen LogP contribution in [0.5, 0.6) is 5.75 Å². The third-order valence-electron chi connectivity index (χ3n) is 7.62. The number of carboxylic acid groups (broad SMARTS) is 1. The molecule has 2 aromatic rings. The zero-order valence-corrected chi connectivity index (χ0v) is 20.9. The van der Waals surface area contributed by atoms with Crippen molar-refractivity contribution in [1.82, 2.24) is 10.0 Å². The standard InChI is InChI=1S/C28H29F2N3O5/c1-32-25(20-5-2-3-7-23(20)37-28(29)30)21(26(38-32)16-9-10-16)15-36-19-13-17-11-12-18(14-19)33(17)24-8-4-6-22(31-24)27(34)35/h2-8,13,16-18,25,28H,9-12,14-15H2,1H3,(H,34,35)/t17-,18?,25?/m0/s1. The number of aromatic nitrogens is 1. The first kappa shape index (κ1) is 24.7. The van der Waals surface area contributed by atoms with E-state index in [-0.39, 0.29) is 30.1 Å². The molecule has 4 heterocycles. The molecule has 0 amide bonds. The summed E-state index contributed by atoms with van der Waals surface area (Å²) in [6, 6.07) is 11.7. The highest BCUT2D eigenvalue weighted by atomic mass is 19.3. The van der Waals surface area contributed by atoms with Gasteiger partial charge in [0, 0.05) is 36.6 Å². The summed E-state index contributed by atoms with van der Waals surface area (Å²) < 4.78 is 37.5. The molecule has 6 rings (SSSR count). The van der Waals surface area contributed by atoms with E-state index in [0.29, 0.717) is 23.7 Å². The molecular weight excluding hydrogens is 496 g/mol. The Hall–Kier alpha value is -3.66. The first-order valence-corrected chi connectivity index (χ1v) is 12.9. The van der Waals surface area contributed by atoms with Gasteiger partial charge in [-0.15, -0.1) is 5.06 Å². The average Bonchev–Trinajstić information content (AvgIpc) is 3.64. The van der Waals surface area contributed by atoms with Crippen molar-refractivity contribution in [2.45, 2.75) is 56.8 Å². The van der Waals surface area contributed by atoms with E-state index < -0.39 is 18.6 Å². The molecule has 4 aliphatic rings. The molecule has 1 N–H and O–H groups in total. The average molecular weight is 526 g/mol. The largest absolute Gasteiger partial charge is 0.494 e. The molecule has 200 valence electrons. The predicted molar refractivity (Wildman–Crippen MR) is 134 cm³/mol. The number of anilines is 1. The number of hydroxylamine groups is 2. The normalized spacial score (nSPS) is 25.0. The van der Waals surface area contributed by atoms with Gasteiger partial charge in [-0.2, -0.15) is 8.78 Å². The van der Waals surface area contributed by atoms with E-state index in [2.05, 4.69) is 16.0 Å². The van der Waals surface area contributed by atoms with Crippen LogP contribution in [0.25, 0.3) is 0 Å². The van der Waals surface area contributed by atoms with Gasteiger partial charge in [0.25, 0.3) is 0 Å². The van der Waals surface area contributed by atoms with Crippen LogP contribution in [-0.4, -0.2) is 53.5 Å². The number of fused-ring (bicyclic) bond motifs is 2. The van der Waals surface area contributed by atoms with E-state index >= 15 is 0 Å². The monoisotopic (exact) mass is 525 g/mol. The summed E-state index contributed by atoms with van der Waals surface area (Å²) in [5.41, 5.74) is 1.56. The number of carboxylic acids is 1. The SMILES string of the molecule is CN1OC(C2CC2)=C(COC2=C[C@@H]3CCC(C2)N3c2cccc(C(=O)O)n2)C1c1ccccc1OC(F)F. The van der Waals surface area contributed by atoms with E-state index in [0.717, 1.165) is 42.8 Å². The molecule has 0 radical (unpaired) electrons. The topological polar surface area (TPSA) is 84.4 Å². The zero-order valence-electron chi connectivity index (χ0n) is 20.9. The second-order valence-electron chi connectivity index (χ2n) is 10.1. The Morgan fingerprint density at radius 3 is 2.71 bits per heavy atom. The Morgan fingerprint density at radius 1 is 1.16 bits per heavy atom. The third-order valence-corrected chi connectivity index (χ3v) is 7.62. The van der Waals surface area contributed by atoms with Crippen LogP contribution in [0, 0.1) is 5.92 Å². The van der Waals surface area contributed by atoms with Crippen molar-refractivity contribution < 1.29 is 33.0 Å². The molecule has 8 nitrogen and oxygen atoms in total. The van der Waals surface area contributed by atoms with Crippen molar-refractivity contribution in [3.05, 3.63) is 76.9 Å². The molecule has 1 aromatic carbocycles. The molecule has 2 unspecified atom stereocenters. The maximum atomic E-state index is 13.1. The number of halogens is 2. The lowest BCUT2D eigenvalue weighted by Crippen LogP contribution is -2.39. The number of benzene rings is 1. The van der Waals surface area contributed by atoms with Gasteiger partial charge in [-0.05, 0) is 50.0 Å². The second-order valence-corrected chi connectivity index (χ2v) is 10.1. The molecule has 2 fully saturated rings. The number of likely N-dealkylation sites (N-methyl/N-ethyl adjacent to an activating group) is 1. The lowest BCUT2D eigenvalue weighted by atomic mass is 9.96. The number of nitrogens with zero attached hydrogens (tertiary/aromatic N) is 3. The molecule has 2 bridgehead atoms. The van der Waals surface area contributed by atoms with E-state index in [1.165, 1.54) is 6.07 Å². The minimum absolute atomic E-state index is 0.0277. The fraction of sp³-hybridized carbons (Fsp3) is 0.429. The Balaban J connectivity index is 1.23. The number of para-hydroxylation sites is 1. The fourth-order valence-electron chi connectivity index (χ4n) is 5.86. The highest BCUT2D eigenvalue weighted by Gasteiger charge is 2.43. The Bertz CT molecular complexity index is 1290. The van der Waals surface area contributed by atoms with Crippen LogP contribution in [0.2, 0.25) is 0 Å². The van der Waals surface area contributed by atoms with Crippen LogP contribution in [0.3, 0.4) is 0 Å². The number of pyridine rings is 1. The van der Waals surface area contributed by atoms with E-state index in [1.54, 1.807) is 42.4 Å². The molecule has 1 saturated carbocycles. The van der Waals surface area contributed by atoms with Crippen molar-refractivity contribution in [2.75, 3.05) is 18.6 Å². The summed E-state index contributed by atoms with van der Waals surface area (Å²) in [6.45, 7) is -2.64. The first-order chi connectivity index (χ1) is 18.4. The highest BCUT2D eigenvalue weighted by Crippen LogP contribution is 2.49. The number of allylic oxidation sites excluding steroid dienone is 1. The molecule has 38 heavy (non-hydrogen) atoms. The van der Waals surface area contributed by atoms with Crippen molar-refractivity contribution in [3.8, 4) is 5.75 Å². The summed E-state index contributed by atoms with van der Waals surface area (Å²) in [5, 5.41) is 11.0. The molecule has 10 heteroatoms. The number of carbonyl (C=O) groups is 1. The van der Waals surface area contributed by atoms with Gasteiger partial charge in [0.2, 0.25) is 0 Å². The van der Waals surface area contributed by atoms with Crippen LogP contribution in [0.1, 0.15) is 54.2 Å². The molecular formula is C28H29F2N3O5. The summed E-state index contributed by atoms with van der Waals surface area (Å²) in [7, 11) is 1.80. The lowest BCUT2D eigenvalue weighted by Gasteiger charge is -2.35. The predicted octanol–water partition coefficient (Wildman–Crippen LogP) is 5.31. The molecule has 1 aromatic heterocycles. The summed E-state index contributed by atoms with van der Waals surface area (Å²) in [4.78, 5) is 24.1. The number of rotatable bonds is 9. The summed E-state index contributed by atoms with van der Waals surface area (Å²) in [6.07, 6.45) is 6.71. The minimum atomic E-state index is -2.92. The Labute approximate surface area is 219 Å². The van der Waals surface area contributed by atoms with E-state index in [4.69, 9.17) is 14.3 Å². The van der Waals surface area contributed by atoms with Gasteiger partial charge < -0.3 is 24.3 Å². The number of alkyl halides is 2. The molecule has 3 aliphatic heterocycles. The fourth-order valence-corrected chi connectivity index (χ4v) is 5.86. The smallest absolute Gasteiger partial charge is 0.387 e. The van der Waals surface area contributed by atoms with Crippen molar-refractivity contribution in [1.29, 1.82) is 0 Å². The maximum absolute atomic E-state index is 13.1. The number of aromatic carboxylic acids is 1. The number of hydrogen-bond donors (Lipinski definition) is 1. The van der Waals surface area contributed by atoms with Crippen molar-refractivity contribution in [3.63, 3.8) is 0 Å². The van der Waals surface area contributed by atoms with Crippen molar-refractivity contribution >= 4 is 11.8 Å². The van der Waals surface area contributed by atoms with Gasteiger partial charge in [-0.1, -0.05) is 24.3 Å². The van der Waals surface area contributed by atoms with E-state index in [9.17, 15) is 18.7 Å². The van der Waals surface area contributed by atoms with Crippen LogP contribution in [-0.2, 0) is 9.57 Å². The summed E-state index contributed by atoms with van der Waals surface area (Å²) in [5.74, 6) is 1.78. The summed E-state index contributed by atoms with van der Waals surface area (Å²) >= 11 is 0. The molecule has 1 saturated heterocycles. The molecule has 3 atom stereocenters. The van der Waals surface area contributed by atoms with Crippen LogP contribution in [0.4, 0.5) is 14.6 Å². The minimum Gasteiger partial charge on any atom is -0.494 e. The second kappa shape index (κ2) is 9.90. The van der Waals surface area contributed by atoms with Crippen LogP contribution in [0.15, 0.2) is 65.6 Å². The lowest BCUT2D eigenvalue weighted by molar-refractivity contribution is -0.102. The van der Waals surface area contributed by atoms with Gasteiger partial charge in [-0.3, -0.25) is 0 Å². The third kappa shape index (κ3) is 4.69. The van der Waals surface area contributed by atoms with Gasteiger partial charge >= 0.3 is 12.6 Å².